The molecule has 0 spiro atoms. The SMILES string of the molecule is Cc1cc(C(=O)NC(C)c2ncc[nH]2)cc(N)n1. The predicted molar refractivity (Wildman–Crippen MR) is 67.9 cm³/mol. The molecule has 0 saturated carbocycles. The van der Waals surface area contributed by atoms with Crippen molar-refractivity contribution in [3.05, 3.63) is 41.6 Å². The van der Waals surface area contributed by atoms with Crippen LogP contribution in [0.1, 0.15) is 34.8 Å². The Morgan fingerprint density at radius 3 is 2.89 bits per heavy atom. The highest BCUT2D eigenvalue weighted by Crippen LogP contribution is 2.10. The van der Waals surface area contributed by atoms with Crippen molar-refractivity contribution in [3.63, 3.8) is 0 Å². The second-order valence-corrected chi connectivity index (χ2v) is 4.09. The number of amides is 1. The molecule has 0 aliphatic heterocycles. The van der Waals surface area contributed by atoms with E-state index >= 15 is 0 Å². The van der Waals surface area contributed by atoms with E-state index in [4.69, 9.17) is 5.73 Å². The molecule has 2 aromatic heterocycles. The molecule has 0 radical (unpaired) electrons. The van der Waals surface area contributed by atoms with E-state index in [1.807, 2.05) is 6.92 Å². The number of hydrogen-bond donors (Lipinski definition) is 3. The fraction of sp³-hybridized carbons (Fsp3) is 0.250. The van der Waals surface area contributed by atoms with Crippen LogP contribution in [0.2, 0.25) is 0 Å². The number of nitrogens with two attached hydrogens (primary N) is 1. The number of aromatic amines is 1. The number of H-pyrrole nitrogens is 1. The van der Waals surface area contributed by atoms with Crippen LogP contribution in [-0.2, 0) is 0 Å². The molecule has 0 aliphatic rings. The van der Waals surface area contributed by atoms with Gasteiger partial charge >= 0.3 is 0 Å². The summed E-state index contributed by atoms with van der Waals surface area (Å²) in [4.78, 5) is 23.1. The van der Waals surface area contributed by atoms with E-state index in [0.29, 0.717) is 22.9 Å². The Kier molecular flexibility index (Phi) is 3.27. The number of aryl methyl sites for hydroxylation is 1. The highest BCUT2D eigenvalue weighted by Gasteiger charge is 2.13. The fourth-order valence-corrected chi connectivity index (χ4v) is 1.69. The van der Waals surface area contributed by atoms with Gasteiger partial charge in [0.15, 0.2) is 0 Å². The fourth-order valence-electron chi connectivity index (χ4n) is 1.69. The van der Waals surface area contributed by atoms with Gasteiger partial charge in [-0.3, -0.25) is 4.79 Å². The van der Waals surface area contributed by atoms with Crippen molar-refractivity contribution in [1.29, 1.82) is 0 Å². The number of nitrogens with zero attached hydrogens (tertiary/aromatic N) is 2. The molecule has 18 heavy (non-hydrogen) atoms. The third-order valence-electron chi connectivity index (χ3n) is 2.51. The summed E-state index contributed by atoms with van der Waals surface area (Å²) in [5, 5.41) is 2.84. The molecule has 6 nitrogen and oxygen atoms in total. The first-order valence-corrected chi connectivity index (χ1v) is 5.60. The molecule has 0 fully saturated rings. The Bertz CT molecular complexity index is 529. The second kappa shape index (κ2) is 4.87. The monoisotopic (exact) mass is 245 g/mol. The summed E-state index contributed by atoms with van der Waals surface area (Å²) in [5.74, 6) is 0.851. The molecular weight excluding hydrogens is 230 g/mol. The average Bonchev–Trinajstić information content (AvgIpc) is 2.80. The van der Waals surface area contributed by atoms with Gasteiger partial charge in [-0.1, -0.05) is 0 Å². The lowest BCUT2D eigenvalue weighted by molar-refractivity contribution is 0.0938. The van der Waals surface area contributed by atoms with Gasteiger partial charge in [0, 0.05) is 23.7 Å². The highest BCUT2D eigenvalue weighted by molar-refractivity contribution is 5.95. The molecule has 0 bridgehead atoms. The van der Waals surface area contributed by atoms with Crippen molar-refractivity contribution in [3.8, 4) is 0 Å². The maximum atomic E-state index is 12.0. The van der Waals surface area contributed by atoms with Crippen LogP contribution in [0.15, 0.2) is 24.5 Å². The Labute approximate surface area is 105 Å². The molecule has 2 aromatic rings. The molecule has 6 heteroatoms. The Hall–Kier alpha value is -2.37. The van der Waals surface area contributed by atoms with E-state index in [2.05, 4.69) is 20.3 Å². The number of pyridine rings is 1. The summed E-state index contributed by atoms with van der Waals surface area (Å²) in [6.45, 7) is 3.65. The van der Waals surface area contributed by atoms with Crippen molar-refractivity contribution in [2.75, 3.05) is 5.73 Å². The van der Waals surface area contributed by atoms with Crippen molar-refractivity contribution < 1.29 is 4.79 Å². The van der Waals surface area contributed by atoms with Gasteiger partial charge in [-0.05, 0) is 26.0 Å². The number of nitrogens with one attached hydrogen (secondary N) is 2. The Morgan fingerprint density at radius 1 is 1.50 bits per heavy atom. The zero-order chi connectivity index (χ0) is 13.1. The normalized spacial score (nSPS) is 12.1. The van der Waals surface area contributed by atoms with Crippen LogP contribution in [0.25, 0.3) is 0 Å². The molecule has 4 N–H and O–H groups in total. The number of imidazole rings is 1. The average molecular weight is 245 g/mol. The summed E-state index contributed by atoms with van der Waals surface area (Å²) in [6, 6.07) is 3.06. The largest absolute Gasteiger partial charge is 0.384 e. The smallest absolute Gasteiger partial charge is 0.252 e. The number of hydrogen-bond acceptors (Lipinski definition) is 4. The maximum Gasteiger partial charge on any atom is 0.252 e. The van der Waals surface area contributed by atoms with Gasteiger partial charge in [0.25, 0.3) is 5.91 Å². The molecule has 0 aliphatic carbocycles. The third kappa shape index (κ3) is 2.65. The number of rotatable bonds is 3. The van der Waals surface area contributed by atoms with Gasteiger partial charge in [0.1, 0.15) is 11.6 Å². The minimum atomic E-state index is -0.198. The molecule has 0 aromatic carbocycles. The van der Waals surface area contributed by atoms with Gasteiger partial charge in [0.05, 0.1) is 6.04 Å². The number of carbonyl (C=O) groups is 1. The van der Waals surface area contributed by atoms with Crippen LogP contribution < -0.4 is 11.1 Å². The molecule has 2 heterocycles. The quantitative estimate of drug-likeness (QED) is 0.756. The first-order chi connectivity index (χ1) is 8.56. The molecule has 0 saturated heterocycles. The first-order valence-electron chi connectivity index (χ1n) is 5.60. The Morgan fingerprint density at radius 2 is 2.28 bits per heavy atom. The summed E-state index contributed by atoms with van der Waals surface area (Å²) in [5.41, 5.74) is 6.83. The van der Waals surface area contributed by atoms with Gasteiger partial charge in [-0.25, -0.2) is 9.97 Å². The molecule has 2 rings (SSSR count). The highest BCUT2D eigenvalue weighted by atomic mass is 16.1. The van der Waals surface area contributed by atoms with Crippen molar-refractivity contribution >= 4 is 11.7 Å². The molecule has 1 unspecified atom stereocenters. The van der Waals surface area contributed by atoms with E-state index in [-0.39, 0.29) is 11.9 Å². The first kappa shape index (κ1) is 12.1. The minimum absolute atomic E-state index is 0.192. The zero-order valence-corrected chi connectivity index (χ0v) is 10.3. The summed E-state index contributed by atoms with van der Waals surface area (Å²) in [6.07, 6.45) is 3.36. The van der Waals surface area contributed by atoms with Crippen LogP contribution >= 0.6 is 0 Å². The van der Waals surface area contributed by atoms with E-state index in [1.165, 1.54) is 0 Å². The molecule has 1 atom stereocenters. The van der Waals surface area contributed by atoms with Crippen LogP contribution in [-0.4, -0.2) is 20.9 Å². The topological polar surface area (TPSA) is 96.7 Å². The van der Waals surface area contributed by atoms with Crippen LogP contribution in [0, 0.1) is 6.92 Å². The number of aromatic nitrogens is 3. The van der Waals surface area contributed by atoms with Gasteiger partial charge in [-0.2, -0.15) is 0 Å². The third-order valence-corrected chi connectivity index (χ3v) is 2.51. The second-order valence-electron chi connectivity index (χ2n) is 4.09. The Balaban J connectivity index is 2.12. The van der Waals surface area contributed by atoms with Gasteiger partial charge < -0.3 is 16.0 Å². The van der Waals surface area contributed by atoms with Crippen LogP contribution in [0.5, 0.6) is 0 Å². The van der Waals surface area contributed by atoms with Crippen LogP contribution in [0.3, 0.4) is 0 Å². The predicted octanol–water partition coefficient (Wildman–Crippen LogP) is 1.19. The van der Waals surface area contributed by atoms with Crippen molar-refractivity contribution in [2.24, 2.45) is 0 Å². The summed E-state index contributed by atoms with van der Waals surface area (Å²) < 4.78 is 0. The number of nitrogen functional groups attached to an aromatic ring is 1. The summed E-state index contributed by atoms with van der Waals surface area (Å²) in [7, 11) is 0. The molecule has 1 amide bonds. The summed E-state index contributed by atoms with van der Waals surface area (Å²) >= 11 is 0. The number of anilines is 1. The van der Waals surface area contributed by atoms with E-state index in [9.17, 15) is 4.79 Å². The lowest BCUT2D eigenvalue weighted by Gasteiger charge is -2.12. The number of carbonyl (C=O) groups excluding carboxylic acids is 1. The molecule has 94 valence electrons. The lowest BCUT2D eigenvalue weighted by Crippen LogP contribution is -2.27. The van der Waals surface area contributed by atoms with Crippen molar-refractivity contribution in [1.82, 2.24) is 20.3 Å². The van der Waals surface area contributed by atoms with E-state index in [1.54, 1.807) is 31.5 Å². The van der Waals surface area contributed by atoms with Crippen LogP contribution in [0.4, 0.5) is 5.82 Å². The van der Waals surface area contributed by atoms with Gasteiger partial charge in [0.2, 0.25) is 0 Å². The zero-order valence-electron chi connectivity index (χ0n) is 10.3. The standard InChI is InChI=1S/C12H15N5O/c1-7-5-9(6-10(13)16-7)12(18)17-8(2)11-14-3-4-15-11/h3-6,8H,1-2H3,(H2,13,16)(H,14,15)(H,17,18). The maximum absolute atomic E-state index is 12.0. The lowest BCUT2D eigenvalue weighted by atomic mass is 10.2. The van der Waals surface area contributed by atoms with E-state index in [0.717, 1.165) is 0 Å². The molecular formula is C12H15N5O. The van der Waals surface area contributed by atoms with Gasteiger partial charge in [-0.15, -0.1) is 0 Å². The minimum Gasteiger partial charge on any atom is -0.384 e. The van der Waals surface area contributed by atoms with Crippen molar-refractivity contribution in [2.45, 2.75) is 19.9 Å². The van der Waals surface area contributed by atoms with E-state index < -0.39 is 0 Å².